The highest BCUT2D eigenvalue weighted by Gasteiger charge is 2.27. The number of hydrogen-bond donors (Lipinski definition) is 2. The van der Waals surface area contributed by atoms with Crippen molar-refractivity contribution in [3.05, 3.63) is 71.5 Å². The van der Waals surface area contributed by atoms with Crippen molar-refractivity contribution < 1.29 is 23.8 Å². The van der Waals surface area contributed by atoms with E-state index < -0.39 is 29.8 Å². The maximum absolute atomic E-state index is 13.7. The molecule has 0 aromatic heterocycles. The molecule has 0 unspecified atom stereocenters. The van der Waals surface area contributed by atoms with Crippen molar-refractivity contribution in [3.8, 4) is 0 Å². The van der Waals surface area contributed by atoms with Gasteiger partial charge in [0.05, 0.1) is 0 Å². The Morgan fingerprint density at radius 1 is 1.12 bits per heavy atom. The maximum Gasteiger partial charge on any atom is 0.326 e. The number of benzene rings is 2. The monoisotopic (exact) mass is 331 g/mol. The number of carboxylic acid groups (broad SMARTS) is 1. The molecule has 24 heavy (non-hydrogen) atoms. The number of carbonyl (C=O) groups excluding carboxylic acids is 1. The highest BCUT2D eigenvalue weighted by Crippen LogP contribution is 2.17. The number of methoxy groups -OCH3 is 1. The standard InChI is InChI=1S/C18H18FNO4/c1-24-16(12-7-3-2-4-8-12)17(21)20-15(18(22)23)11-13-9-5-6-10-14(13)19/h2-10,15-16H,11H2,1H3,(H,20,21)(H,22,23)/t15-,16+/m1/s1. The van der Waals surface area contributed by atoms with Crippen molar-refractivity contribution in [2.75, 3.05) is 7.11 Å². The molecular weight excluding hydrogens is 313 g/mol. The molecule has 1 amide bonds. The molecule has 2 rings (SSSR count). The molecule has 0 aliphatic heterocycles. The van der Waals surface area contributed by atoms with Crippen molar-refractivity contribution in [1.29, 1.82) is 0 Å². The van der Waals surface area contributed by atoms with Gasteiger partial charge in [-0.25, -0.2) is 9.18 Å². The molecule has 0 aliphatic carbocycles. The lowest BCUT2D eigenvalue weighted by molar-refractivity contribution is -0.144. The van der Waals surface area contributed by atoms with Gasteiger partial charge in [0.2, 0.25) is 0 Å². The number of aliphatic carboxylic acids is 1. The van der Waals surface area contributed by atoms with Crippen molar-refractivity contribution in [3.63, 3.8) is 0 Å². The van der Waals surface area contributed by atoms with Crippen LogP contribution in [0.2, 0.25) is 0 Å². The third-order valence-electron chi connectivity index (χ3n) is 3.57. The molecule has 0 radical (unpaired) electrons. The van der Waals surface area contributed by atoms with Crippen molar-refractivity contribution in [1.82, 2.24) is 5.32 Å². The number of hydrogen-bond acceptors (Lipinski definition) is 3. The SMILES string of the molecule is CO[C@H](C(=O)N[C@H](Cc1ccccc1F)C(=O)O)c1ccccc1. The van der Waals surface area contributed by atoms with Crippen molar-refractivity contribution >= 4 is 11.9 Å². The van der Waals surface area contributed by atoms with Gasteiger partial charge in [-0.05, 0) is 17.2 Å². The fourth-order valence-electron chi connectivity index (χ4n) is 2.35. The van der Waals surface area contributed by atoms with Gasteiger partial charge in [-0.1, -0.05) is 48.5 Å². The quantitative estimate of drug-likeness (QED) is 0.816. The number of halogens is 1. The lowest BCUT2D eigenvalue weighted by Crippen LogP contribution is -2.44. The predicted molar refractivity (Wildman–Crippen MR) is 85.9 cm³/mol. The van der Waals surface area contributed by atoms with E-state index in [-0.39, 0.29) is 12.0 Å². The Hall–Kier alpha value is -2.73. The molecule has 0 saturated heterocycles. The predicted octanol–water partition coefficient (Wildman–Crippen LogP) is 2.33. The smallest absolute Gasteiger partial charge is 0.326 e. The molecule has 2 aromatic rings. The number of rotatable bonds is 7. The van der Waals surface area contributed by atoms with E-state index in [1.165, 1.54) is 25.3 Å². The summed E-state index contributed by atoms with van der Waals surface area (Å²) in [4.78, 5) is 23.8. The molecular formula is C18H18FNO4. The minimum Gasteiger partial charge on any atom is -0.480 e. The summed E-state index contributed by atoms with van der Waals surface area (Å²) in [5.74, 6) is -2.34. The first-order valence-corrected chi connectivity index (χ1v) is 7.37. The topological polar surface area (TPSA) is 75.6 Å². The Morgan fingerprint density at radius 2 is 1.75 bits per heavy atom. The van der Waals surface area contributed by atoms with Gasteiger partial charge in [-0.2, -0.15) is 0 Å². The molecule has 0 bridgehead atoms. The van der Waals surface area contributed by atoms with Crippen LogP contribution in [-0.4, -0.2) is 30.1 Å². The molecule has 0 heterocycles. The normalized spacial score (nSPS) is 13.1. The molecule has 2 aromatic carbocycles. The molecule has 2 N–H and O–H groups in total. The zero-order valence-electron chi connectivity index (χ0n) is 13.1. The van der Waals surface area contributed by atoms with Crippen LogP contribution in [0.15, 0.2) is 54.6 Å². The highest BCUT2D eigenvalue weighted by molar-refractivity contribution is 5.87. The summed E-state index contributed by atoms with van der Waals surface area (Å²) in [6.07, 6.45) is -1.09. The van der Waals surface area contributed by atoms with Crippen LogP contribution in [-0.2, 0) is 20.7 Å². The number of carbonyl (C=O) groups is 2. The summed E-state index contributed by atoms with van der Waals surface area (Å²) in [6.45, 7) is 0. The lowest BCUT2D eigenvalue weighted by atomic mass is 10.0. The number of ether oxygens (including phenoxy) is 1. The molecule has 0 aliphatic rings. The summed E-state index contributed by atoms with van der Waals surface area (Å²) in [5.41, 5.74) is 0.825. The zero-order valence-corrected chi connectivity index (χ0v) is 13.1. The highest BCUT2D eigenvalue weighted by atomic mass is 19.1. The van der Waals surface area contributed by atoms with Crippen LogP contribution in [0.1, 0.15) is 17.2 Å². The lowest BCUT2D eigenvalue weighted by Gasteiger charge is -2.20. The first-order chi connectivity index (χ1) is 11.5. The zero-order chi connectivity index (χ0) is 17.5. The summed E-state index contributed by atoms with van der Waals surface area (Å²) >= 11 is 0. The average Bonchev–Trinajstić information content (AvgIpc) is 2.57. The largest absolute Gasteiger partial charge is 0.480 e. The first kappa shape index (κ1) is 17.6. The van der Waals surface area contributed by atoms with E-state index in [1.807, 2.05) is 0 Å². The van der Waals surface area contributed by atoms with E-state index in [9.17, 15) is 19.1 Å². The van der Waals surface area contributed by atoms with Crippen molar-refractivity contribution in [2.45, 2.75) is 18.6 Å². The van der Waals surface area contributed by atoms with E-state index in [0.29, 0.717) is 5.56 Å². The van der Waals surface area contributed by atoms with Crippen molar-refractivity contribution in [2.24, 2.45) is 0 Å². The second-order valence-corrected chi connectivity index (χ2v) is 5.22. The molecule has 6 heteroatoms. The Balaban J connectivity index is 2.13. The average molecular weight is 331 g/mol. The molecule has 0 spiro atoms. The summed E-state index contributed by atoms with van der Waals surface area (Å²) in [6, 6.07) is 13.3. The summed E-state index contributed by atoms with van der Waals surface area (Å²) in [7, 11) is 1.36. The first-order valence-electron chi connectivity index (χ1n) is 7.37. The minimum absolute atomic E-state index is 0.154. The molecule has 2 atom stereocenters. The third kappa shape index (κ3) is 4.39. The van der Waals surface area contributed by atoms with Crippen LogP contribution in [0.4, 0.5) is 4.39 Å². The van der Waals surface area contributed by atoms with Crippen LogP contribution < -0.4 is 5.32 Å². The Labute approximate surface area is 139 Å². The van der Waals surface area contributed by atoms with E-state index in [2.05, 4.69) is 5.32 Å². The van der Waals surface area contributed by atoms with Gasteiger partial charge in [-0.3, -0.25) is 4.79 Å². The molecule has 0 fully saturated rings. The number of nitrogens with one attached hydrogen (secondary N) is 1. The Bertz CT molecular complexity index is 705. The maximum atomic E-state index is 13.7. The third-order valence-corrected chi connectivity index (χ3v) is 3.57. The molecule has 5 nitrogen and oxygen atoms in total. The van der Waals surface area contributed by atoms with E-state index in [1.54, 1.807) is 36.4 Å². The van der Waals surface area contributed by atoms with Gasteiger partial charge >= 0.3 is 5.97 Å². The Kier molecular flexibility index (Phi) is 6.03. The van der Waals surface area contributed by atoms with E-state index >= 15 is 0 Å². The van der Waals surface area contributed by atoms with Crippen LogP contribution in [0.3, 0.4) is 0 Å². The second-order valence-electron chi connectivity index (χ2n) is 5.22. The minimum atomic E-state index is -1.25. The summed E-state index contributed by atoms with van der Waals surface area (Å²) < 4.78 is 18.9. The van der Waals surface area contributed by atoms with Gasteiger partial charge < -0.3 is 15.2 Å². The van der Waals surface area contributed by atoms with Gasteiger partial charge in [0.15, 0.2) is 6.10 Å². The van der Waals surface area contributed by atoms with Crippen LogP contribution >= 0.6 is 0 Å². The molecule has 0 saturated carbocycles. The van der Waals surface area contributed by atoms with Crippen LogP contribution in [0.5, 0.6) is 0 Å². The van der Waals surface area contributed by atoms with E-state index in [4.69, 9.17) is 4.74 Å². The van der Waals surface area contributed by atoms with Gasteiger partial charge in [-0.15, -0.1) is 0 Å². The van der Waals surface area contributed by atoms with Gasteiger partial charge in [0.25, 0.3) is 5.91 Å². The fourth-order valence-corrected chi connectivity index (χ4v) is 2.35. The van der Waals surface area contributed by atoms with E-state index in [0.717, 1.165) is 0 Å². The van der Waals surface area contributed by atoms with Gasteiger partial charge in [0, 0.05) is 13.5 Å². The number of amides is 1. The second kappa shape index (κ2) is 8.21. The van der Waals surface area contributed by atoms with Crippen LogP contribution in [0.25, 0.3) is 0 Å². The van der Waals surface area contributed by atoms with Crippen LogP contribution in [0, 0.1) is 5.82 Å². The number of carboxylic acids is 1. The van der Waals surface area contributed by atoms with Gasteiger partial charge in [0.1, 0.15) is 11.9 Å². The Morgan fingerprint density at radius 3 is 2.33 bits per heavy atom. The molecule has 126 valence electrons. The summed E-state index contributed by atoms with van der Waals surface area (Å²) in [5, 5.41) is 11.7. The fraction of sp³-hybridized carbons (Fsp3) is 0.222.